The summed E-state index contributed by atoms with van der Waals surface area (Å²) in [6.45, 7) is 1.94. The molecule has 0 aliphatic rings. The second kappa shape index (κ2) is 5.09. The second-order valence-electron chi connectivity index (χ2n) is 4.00. The minimum atomic E-state index is 0.869. The predicted molar refractivity (Wildman–Crippen MR) is 64.3 cm³/mol. The quantitative estimate of drug-likeness (QED) is 0.773. The number of hydrogen-bond acceptors (Lipinski definition) is 4. The fraction of sp³-hybridized carbons (Fsp3) is 0.417. The van der Waals surface area contributed by atoms with Crippen LogP contribution in [0.15, 0.2) is 29.0 Å². The number of benzene rings is 1. The van der Waals surface area contributed by atoms with E-state index in [1.54, 1.807) is 0 Å². The number of aromatic nitrogens is 1. The fourth-order valence-corrected chi connectivity index (χ4v) is 1.72. The largest absolute Gasteiger partial charge is 0.443 e. The lowest BCUT2D eigenvalue weighted by atomic mass is 10.1. The molecule has 0 saturated heterocycles. The van der Waals surface area contributed by atoms with Gasteiger partial charge in [0.2, 0.25) is 0 Å². The molecule has 0 spiro atoms. The highest BCUT2D eigenvalue weighted by Crippen LogP contribution is 2.14. The first kappa shape index (κ1) is 11.1. The number of fused-ring (bicyclic) bond motifs is 1. The van der Waals surface area contributed by atoms with Crippen molar-refractivity contribution in [3.8, 4) is 0 Å². The van der Waals surface area contributed by atoms with E-state index >= 15 is 0 Å². The molecule has 2 aromatic rings. The average Bonchev–Trinajstić information content (AvgIpc) is 2.74. The summed E-state index contributed by atoms with van der Waals surface area (Å²) in [5, 5.41) is 3.13. The van der Waals surface area contributed by atoms with E-state index < -0.39 is 0 Å². The summed E-state index contributed by atoms with van der Waals surface area (Å²) in [5.74, 6) is 0. The first-order chi connectivity index (χ1) is 7.79. The minimum Gasteiger partial charge on any atom is -0.443 e. The van der Waals surface area contributed by atoms with Crippen LogP contribution in [0.25, 0.3) is 11.1 Å². The Morgan fingerprint density at radius 1 is 1.44 bits per heavy atom. The van der Waals surface area contributed by atoms with Crippen molar-refractivity contribution in [1.29, 1.82) is 0 Å². The number of oxazole rings is 1. The van der Waals surface area contributed by atoms with Gasteiger partial charge in [-0.2, -0.15) is 0 Å². The summed E-state index contributed by atoms with van der Waals surface area (Å²) in [6.07, 6.45) is 2.51. The standard InChI is InChI=1S/C12H17N3O/c1-13-8-15(2)6-5-10-3-4-11-12(7-10)16-9-14-11/h3-4,7,9,13H,5-6,8H2,1-2H3. The van der Waals surface area contributed by atoms with Crippen molar-refractivity contribution in [2.45, 2.75) is 6.42 Å². The normalized spacial score (nSPS) is 11.4. The zero-order valence-corrected chi connectivity index (χ0v) is 9.73. The lowest BCUT2D eigenvalue weighted by Gasteiger charge is -2.15. The predicted octanol–water partition coefficient (Wildman–Crippen LogP) is 1.48. The molecule has 1 heterocycles. The Morgan fingerprint density at radius 3 is 3.12 bits per heavy atom. The third kappa shape index (κ3) is 2.59. The van der Waals surface area contributed by atoms with Crippen LogP contribution >= 0.6 is 0 Å². The topological polar surface area (TPSA) is 41.3 Å². The molecule has 0 aliphatic carbocycles. The second-order valence-corrected chi connectivity index (χ2v) is 4.00. The van der Waals surface area contributed by atoms with E-state index in [0.717, 1.165) is 30.7 Å². The molecule has 0 bridgehead atoms. The van der Waals surface area contributed by atoms with Gasteiger partial charge >= 0.3 is 0 Å². The summed E-state index contributed by atoms with van der Waals surface area (Å²) in [6, 6.07) is 6.18. The molecule has 0 amide bonds. The molecule has 0 aliphatic heterocycles. The number of rotatable bonds is 5. The van der Waals surface area contributed by atoms with E-state index in [9.17, 15) is 0 Å². The molecule has 2 rings (SSSR count). The Kier molecular flexibility index (Phi) is 3.54. The molecule has 0 unspecified atom stereocenters. The third-order valence-corrected chi connectivity index (χ3v) is 2.61. The summed E-state index contributed by atoms with van der Waals surface area (Å²) in [5.41, 5.74) is 3.08. The highest BCUT2D eigenvalue weighted by Gasteiger charge is 2.02. The summed E-state index contributed by atoms with van der Waals surface area (Å²) in [7, 11) is 4.06. The van der Waals surface area contributed by atoms with Crippen molar-refractivity contribution in [3.05, 3.63) is 30.2 Å². The average molecular weight is 219 g/mol. The van der Waals surface area contributed by atoms with E-state index in [0.29, 0.717) is 0 Å². The molecular weight excluding hydrogens is 202 g/mol. The van der Waals surface area contributed by atoms with Gasteiger partial charge in [-0.15, -0.1) is 0 Å². The summed E-state index contributed by atoms with van der Waals surface area (Å²) >= 11 is 0. The Hall–Kier alpha value is -1.39. The molecule has 1 aromatic carbocycles. The van der Waals surface area contributed by atoms with E-state index in [1.807, 2.05) is 13.1 Å². The number of nitrogens with zero attached hydrogens (tertiary/aromatic N) is 2. The lowest BCUT2D eigenvalue weighted by molar-refractivity contribution is 0.321. The number of nitrogens with one attached hydrogen (secondary N) is 1. The Labute approximate surface area is 95.3 Å². The van der Waals surface area contributed by atoms with Crippen LogP contribution in [0.5, 0.6) is 0 Å². The highest BCUT2D eigenvalue weighted by atomic mass is 16.3. The molecule has 0 atom stereocenters. The first-order valence-corrected chi connectivity index (χ1v) is 5.45. The zero-order valence-electron chi connectivity index (χ0n) is 9.73. The molecular formula is C12H17N3O. The molecule has 16 heavy (non-hydrogen) atoms. The molecule has 1 aromatic heterocycles. The Balaban J connectivity index is 1.98. The molecule has 0 saturated carbocycles. The van der Waals surface area contributed by atoms with Gasteiger partial charge in [0, 0.05) is 13.2 Å². The molecule has 0 radical (unpaired) electrons. The van der Waals surface area contributed by atoms with Crippen molar-refractivity contribution in [3.63, 3.8) is 0 Å². The molecule has 4 nitrogen and oxygen atoms in total. The van der Waals surface area contributed by atoms with Crippen molar-refractivity contribution < 1.29 is 4.42 Å². The first-order valence-electron chi connectivity index (χ1n) is 5.45. The van der Waals surface area contributed by atoms with Gasteiger partial charge in [0.25, 0.3) is 0 Å². The fourth-order valence-electron chi connectivity index (χ4n) is 1.72. The number of likely N-dealkylation sites (N-methyl/N-ethyl adjacent to an activating group) is 1. The number of hydrogen-bond donors (Lipinski definition) is 1. The highest BCUT2D eigenvalue weighted by molar-refractivity contribution is 5.72. The Bertz CT molecular complexity index is 452. The van der Waals surface area contributed by atoms with E-state index in [-0.39, 0.29) is 0 Å². The van der Waals surface area contributed by atoms with Crippen molar-refractivity contribution in [2.75, 3.05) is 27.3 Å². The maximum Gasteiger partial charge on any atom is 0.181 e. The monoisotopic (exact) mass is 219 g/mol. The van der Waals surface area contributed by atoms with Gasteiger partial charge in [0.1, 0.15) is 5.52 Å². The maximum absolute atomic E-state index is 5.28. The van der Waals surface area contributed by atoms with Crippen LogP contribution in [-0.2, 0) is 6.42 Å². The van der Waals surface area contributed by atoms with Gasteiger partial charge < -0.3 is 9.73 Å². The van der Waals surface area contributed by atoms with Crippen LogP contribution in [0, 0.1) is 0 Å². The third-order valence-electron chi connectivity index (χ3n) is 2.61. The smallest absolute Gasteiger partial charge is 0.181 e. The Morgan fingerprint density at radius 2 is 2.31 bits per heavy atom. The van der Waals surface area contributed by atoms with E-state index in [4.69, 9.17) is 4.42 Å². The minimum absolute atomic E-state index is 0.869. The van der Waals surface area contributed by atoms with E-state index in [1.165, 1.54) is 12.0 Å². The van der Waals surface area contributed by atoms with Crippen LogP contribution in [-0.4, -0.2) is 37.2 Å². The van der Waals surface area contributed by atoms with Crippen molar-refractivity contribution in [1.82, 2.24) is 15.2 Å². The van der Waals surface area contributed by atoms with Crippen LogP contribution in [0.4, 0.5) is 0 Å². The van der Waals surface area contributed by atoms with Crippen LogP contribution in [0.2, 0.25) is 0 Å². The zero-order chi connectivity index (χ0) is 11.4. The summed E-state index contributed by atoms with van der Waals surface area (Å²) < 4.78 is 5.28. The van der Waals surface area contributed by atoms with Gasteiger partial charge in [-0.3, -0.25) is 4.90 Å². The SMILES string of the molecule is CNCN(C)CCc1ccc2ncoc2c1. The molecule has 86 valence electrons. The van der Waals surface area contributed by atoms with Crippen LogP contribution in [0.1, 0.15) is 5.56 Å². The van der Waals surface area contributed by atoms with Gasteiger partial charge in [-0.1, -0.05) is 6.07 Å². The van der Waals surface area contributed by atoms with Crippen molar-refractivity contribution >= 4 is 11.1 Å². The summed E-state index contributed by atoms with van der Waals surface area (Å²) in [4.78, 5) is 6.34. The molecule has 1 N–H and O–H groups in total. The molecule has 0 fully saturated rings. The van der Waals surface area contributed by atoms with Crippen molar-refractivity contribution in [2.24, 2.45) is 0 Å². The van der Waals surface area contributed by atoms with Gasteiger partial charge in [-0.25, -0.2) is 4.98 Å². The lowest BCUT2D eigenvalue weighted by Crippen LogP contribution is -2.30. The van der Waals surface area contributed by atoms with Crippen LogP contribution < -0.4 is 5.32 Å². The van der Waals surface area contributed by atoms with Gasteiger partial charge in [0.05, 0.1) is 0 Å². The maximum atomic E-state index is 5.28. The van der Waals surface area contributed by atoms with E-state index in [2.05, 4.69) is 34.4 Å². The molecule has 4 heteroatoms. The van der Waals surface area contributed by atoms with Gasteiger partial charge in [0.15, 0.2) is 12.0 Å². The van der Waals surface area contributed by atoms with Gasteiger partial charge in [-0.05, 0) is 38.2 Å². The van der Waals surface area contributed by atoms with Crippen LogP contribution in [0.3, 0.4) is 0 Å².